The van der Waals surface area contributed by atoms with Crippen molar-refractivity contribution >= 4 is 27.5 Å². The summed E-state index contributed by atoms with van der Waals surface area (Å²) in [5.41, 5.74) is 8.29. The molecular weight excluding hydrogens is 280 g/mol. The van der Waals surface area contributed by atoms with E-state index in [-0.39, 0.29) is 5.91 Å². The molecule has 0 bridgehead atoms. The highest BCUT2D eigenvalue weighted by Gasteiger charge is 2.19. The molecule has 2 N–H and O–H groups in total. The maximum atomic E-state index is 12.3. The molecule has 2 rings (SSSR count). The van der Waals surface area contributed by atoms with Crippen molar-refractivity contribution in [3.05, 3.63) is 39.9 Å². The first-order valence-electron chi connectivity index (χ1n) is 5.58. The fourth-order valence-electron chi connectivity index (χ4n) is 1.84. The predicted molar refractivity (Wildman–Crippen MR) is 72.8 cm³/mol. The Morgan fingerprint density at radius 3 is 2.88 bits per heavy atom. The number of hydrogen-bond donors (Lipinski definition) is 1. The molecule has 1 aliphatic heterocycles. The number of carbonyl (C=O) groups excluding carboxylic acids is 1. The number of carbonyl (C=O) groups is 1. The molecule has 1 amide bonds. The second kappa shape index (κ2) is 4.92. The Hall–Kier alpha value is -1.29. The molecule has 1 heterocycles. The van der Waals surface area contributed by atoms with E-state index in [1.807, 2.05) is 11.0 Å². The minimum absolute atomic E-state index is 0.00699. The van der Waals surface area contributed by atoms with Gasteiger partial charge in [-0.15, -0.1) is 0 Å². The van der Waals surface area contributed by atoms with Crippen LogP contribution < -0.4 is 5.73 Å². The molecule has 1 aliphatic rings. The number of benzene rings is 1. The highest BCUT2D eigenvalue weighted by molar-refractivity contribution is 9.10. The number of anilines is 1. The minimum atomic E-state index is 0.00699. The zero-order valence-electron chi connectivity index (χ0n) is 9.74. The molecule has 0 aliphatic carbocycles. The standard InChI is InChI=1S/C13H15BrN2O/c1-9-4-6-16(7-5-9)13(17)11-8-10(14)2-3-12(11)15/h2-4,8H,5-7,15H2,1H3. The molecule has 17 heavy (non-hydrogen) atoms. The highest BCUT2D eigenvalue weighted by atomic mass is 79.9. The zero-order valence-corrected chi connectivity index (χ0v) is 11.3. The van der Waals surface area contributed by atoms with Crippen molar-refractivity contribution < 1.29 is 4.79 Å². The Labute approximate surface area is 109 Å². The summed E-state index contributed by atoms with van der Waals surface area (Å²) in [5.74, 6) is 0.00699. The first-order chi connectivity index (χ1) is 8.08. The summed E-state index contributed by atoms with van der Waals surface area (Å²) < 4.78 is 0.874. The normalized spacial score (nSPS) is 15.6. The van der Waals surface area contributed by atoms with Crippen LogP contribution in [0.2, 0.25) is 0 Å². The van der Waals surface area contributed by atoms with Gasteiger partial charge in [0.1, 0.15) is 0 Å². The number of amides is 1. The van der Waals surface area contributed by atoms with E-state index in [0.29, 0.717) is 17.8 Å². The average Bonchev–Trinajstić information content (AvgIpc) is 2.32. The van der Waals surface area contributed by atoms with Crippen molar-refractivity contribution in [3.63, 3.8) is 0 Å². The second-order valence-electron chi connectivity index (χ2n) is 4.28. The van der Waals surface area contributed by atoms with Crippen LogP contribution in [0.5, 0.6) is 0 Å². The lowest BCUT2D eigenvalue weighted by Crippen LogP contribution is -2.35. The fraction of sp³-hybridized carbons (Fsp3) is 0.308. The van der Waals surface area contributed by atoms with Crippen LogP contribution >= 0.6 is 15.9 Å². The second-order valence-corrected chi connectivity index (χ2v) is 5.20. The number of nitrogens with two attached hydrogens (primary N) is 1. The number of hydrogen-bond acceptors (Lipinski definition) is 2. The molecule has 0 radical (unpaired) electrons. The molecule has 0 fully saturated rings. The molecule has 0 saturated carbocycles. The van der Waals surface area contributed by atoms with Gasteiger partial charge in [0.05, 0.1) is 5.56 Å². The summed E-state index contributed by atoms with van der Waals surface area (Å²) >= 11 is 3.36. The Kier molecular flexibility index (Phi) is 3.52. The van der Waals surface area contributed by atoms with Gasteiger partial charge in [-0.25, -0.2) is 0 Å². The summed E-state index contributed by atoms with van der Waals surface area (Å²) in [4.78, 5) is 14.1. The van der Waals surface area contributed by atoms with Gasteiger partial charge in [0.15, 0.2) is 0 Å². The SMILES string of the molecule is CC1=CCN(C(=O)c2cc(Br)ccc2N)CC1. The summed E-state index contributed by atoms with van der Waals surface area (Å²) in [6, 6.07) is 5.37. The third-order valence-corrected chi connectivity index (χ3v) is 3.46. The van der Waals surface area contributed by atoms with Crippen molar-refractivity contribution in [3.8, 4) is 0 Å². The molecule has 0 unspecified atom stereocenters. The molecular formula is C13H15BrN2O. The van der Waals surface area contributed by atoms with Gasteiger partial charge in [-0.2, -0.15) is 0 Å². The lowest BCUT2D eigenvalue weighted by molar-refractivity contribution is 0.0770. The molecule has 0 spiro atoms. The average molecular weight is 295 g/mol. The third kappa shape index (κ3) is 2.69. The van der Waals surface area contributed by atoms with E-state index in [4.69, 9.17) is 5.73 Å². The van der Waals surface area contributed by atoms with Crippen LogP contribution in [0.1, 0.15) is 23.7 Å². The topological polar surface area (TPSA) is 46.3 Å². The van der Waals surface area contributed by atoms with Gasteiger partial charge in [-0.05, 0) is 31.5 Å². The van der Waals surface area contributed by atoms with Crippen LogP contribution in [0.25, 0.3) is 0 Å². The van der Waals surface area contributed by atoms with Crippen molar-refractivity contribution in [1.29, 1.82) is 0 Å². The summed E-state index contributed by atoms with van der Waals surface area (Å²) in [6.45, 7) is 3.54. The Morgan fingerprint density at radius 2 is 2.24 bits per heavy atom. The summed E-state index contributed by atoms with van der Waals surface area (Å²) in [5, 5.41) is 0. The number of halogens is 1. The van der Waals surface area contributed by atoms with Crippen LogP contribution in [-0.4, -0.2) is 23.9 Å². The van der Waals surface area contributed by atoms with Crippen molar-refractivity contribution in [2.75, 3.05) is 18.8 Å². The predicted octanol–water partition coefficient (Wildman–Crippen LogP) is 2.82. The molecule has 0 aromatic heterocycles. The molecule has 0 atom stereocenters. The number of rotatable bonds is 1. The molecule has 4 heteroatoms. The van der Waals surface area contributed by atoms with Crippen molar-refractivity contribution in [2.24, 2.45) is 0 Å². The highest BCUT2D eigenvalue weighted by Crippen LogP contribution is 2.21. The third-order valence-electron chi connectivity index (χ3n) is 2.97. The lowest BCUT2D eigenvalue weighted by atomic mass is 10.1. The van der Waals surface area contributed by atoms with Crippen LogP contribution in [0.15, 0.2) is 34.3 Å². The van der Waals surface area contributed by atoms with Gasteiger partial charge in [-0.3, -0.25) is 4.79 Å². The van der Waals surface area contributed by atoms with E-state index < -0.39 is 0 Å². The van der Waals surface area contributed by atoms with Gasteiger partial charge < -0.3 is 10.6 Å². The molecule has 90 valence electrons. The van der Waals surface area contributed by atoms with E-state index >= 15 is 0 Å². The van der Waals surface area contributed by atoms with E-state index in [2.05, 4.69) is 28.9 Å². The first-order valence-corrected chi connectivity index (χ1v) is 6.37. The quantitative estimate of drug-likeness (QED) is 0.639. The van der Waals surface area contributed by atoms with E-state index in [1.54, 1.807) is 12.1 Å². The van der Waals surface area contributed by atoms with Gasteiger partial charge in [0, 0.05) is 23.2 Å². The summed E-state index contributed by atoms with van der Waals surface area (Å²) in [6.07, 6.45) is 3.04. The smallest absolute Gasteiger partial charge is 0.256 e. The Balaban J connectivity index is 2.23. The fourth-order valence-corrected chi connectivity index (χ4v) is 2.20. The van der Waals surface area contributed by atoms with Crippen molar-refractivity contribution in [2.45, 2.75) is 13.3 Å². The minimum Gasteiger partial charge on any atom is -0.398 e. The maximum absolute atomic E-state index is 12.3. The monoisotopic (exact) mass is 294 g/mol. The van der Waals surface area contributed by atoms with Crippen LogP contribution in [0.3, 0.4) is 0 Å². The van der Waals surface area contributed by atoms with Crippen LogP contribution in [0.4, 0.5) is 5.69 Å². The lowest BCUT2D eigenvalue weighted by Gasteiger charge is -2.26. The van der Waals surface area contributed by atoms with E-state index in [1.165, 1.54) is 5.57 Å². The molecule has 0 saturated heterocycles. The van der Waals surface area contributed by atoms with E-state index in [0.717, 1.165) is 17.4 Å². The Morgan fingerprint density at radius 1 is 1.47 bits per heavy atom. The van der Waals surface area contributed by atoms with Gasteiger partial charge >= 0.3 is 0 Å². The molecule has 1 aromatic rings. The Bertz CT molecular complexity index is 482. The van der Waals surface area contributed by atoms with Gasteiger partial charge in [0.2, 0.25) is 0 Å². The van der Waals surface area contributed by atoms with Crippen LogP contribution in [-0.2, 0) is 0 Å². The van der Waals surface area contributed by atoms with Crippen molar-refractivity contribution in [1.82, 2.24) is 4.90 Å². The summed E-state index contributed by atoms with van der Waals surface area (Å²) in [7, 11) is 0. The number of nitrogens with zero attached hydrogens (tertiary/aromatic N) is 1. The van der Waals surface area contributed by atoms with E-state index in [9.17, 15) is 4.79 Å². The van der Waals surface area contributed by atoms with Crippen LogP contribution in [0, 0.1) is 0 Å². The van der Waals surface area contributed by atoms with Gasteiger partial charge in [-0.1, -0.05) is 27.6 Å². The van der Waals surface area contributed by atoms with Gasteiger partial charge in [0.25, 0.3) is 5.91 Å². The number of nitrogen functional groups attached to an aromatic ring is 1. The maximum Gasteiger partial charge on any atom is 0.256 e. The first kappa shape index (κ1) is 12.2. The zero-order chi connectivity index (χ0) is 12.4. The molecule has 1 aromatic carbocycles. The largest absolute Gasteiger partial charge is 0.398 e. The molecule has 3 nitrogen and oxygen atoms in total.